The first-order chi connectivity index (χ1) is 16.5. The predicted octanol–water partition coefficient (Wildman–Crippen LogP) is 2.07. The van der Waals surface area contributed by atoms with Crippen LogP contribution < -0.4 is 10.6 Å². The summed E-state index contributed by atoms with van der Waals surface area (Å²) in [5.41, 5.74) is 3.08. The molecule has 9 nitrogen and oxygen atoms in total. The number of anilines is 1. The predicted molar refractivity (Wildman–Crippen MR) is 124 cm³/mol. The molecule has 1 atom stereocenters. The van der Waals surface area contributed by atoms with E-state index >= 15 is 0 Å². The van der Waals surface area contributed by atoms with E-state index in [4.69, 9.17) is 0 Å². The van der Waals surface area contributed by atoms with Gasteiger partial charge in [-0.2, -0.15) is 0 Å². The lowest BCUT2D eigenvalue weighted by Gasteiger charge is -2.29. The lowest BCUT2D eigenvalue weighted by Crippen LogP contribution is -2.52. The minimum absolute atomic E-state index is 0.0760. The Bertz CT molecular complexity index is 1290. The largest absolute Gasteiger partial charge is 0.322 e. The van der Waals surface area contributed by atoms with Crippen molar-refractivity contribution in [1.29, 1.82) is 0 Å². The normalized spacial score (nSPS) is 17.5. The van der Waals surface area contributed by atoms with Crippen LogP contribution in [0.2, 0.25) is 0 Å². The van der Waals surface area contributed by atoms with Gasteiger partial charge in [-0.3, -0.25) is 24.5 Å². The minimum Gasteiger partial charge on any atom is -0.322 e. The number of hydrogen-bond donors (Lipinski definition) is 2. The molecule has 2 aromatic carbocycles. The first-order valence-electron chi connectivity index (χ1n) is 10.9. The SMILES string of the molecule is O=C1CCC(N2Cc3ccc(CC(=O)Nc4nnc(Cc5ccccc5)s4)cc3C2=O)C(=O)N1. The van der Waals surface area contributed by atoms with Crippen LogP contribution in [0.5, 0.6) is 0 Å². The van der Waals surface area contributed by atoms with Crippen LogP contribution in [-0.4, -0.2) is 44.8 Å². The summed E-state index contributed by atoms with van der Waals surface area (Å²) in [6.07, 6.45) is 1.24. The highest BCUT2D eigenvalue weighted by molar-refractivity contribution is 7.15. The highest BCUT2D eigenvalue weighted by Crippen LogP contribution is 2.28. The summed E-state index contributed by atoms with van der Waals surface area (Å²) >= 11 is 1.33. The van der Waals surface area contributed by atoms with E-state index in [0.29, 0.717) is 35.6 Å². The van der Waals surface area contributed by atoms with Crippen molar-refractivity contribution >= 4 is 40.1 Å². The third-order valence-corrected chi connectivity index (χ3v) is 6.71. The third-order valence-electron chi connectivity index (χ3n) is 5.87. The van der Waals surface area contributed by atoms with Gasteiger partial charge in [0, 0.05) is 24.9 Å². The molecule has 1 saturated heterocycles. The van der Waals surface area contributed by atoms with Gasteiger partial charge in [0.2, 0.25) is 22.9 Å². The second kappa shape index (κ2) is 9.14. The molecule has 0 aliphatic carbocycles. The molecule has 0 saturated carbocycles. The maximum Gasteiger partial charge on any atom is 0.255 e. The van der Waals surface area contributed by atoms with Gasteiger partial charge in [0.25, 0.3) is 5.91 Å². The summed E-state index contributed by atoms with van der Waals surface area (Å²) in [6, 6.07) is 14.6. The lowest BCUT2D eigenvalue weighted by atomic mass is 10.0. The number of nitrogens with one attached hydrogen (secondary N) is 2. The number of hydrogen-bond acceptors (Lipinski definition) is 7. The molecule has 1 fully saturated rings. The zero-order chi connectivity index (χ0) is 23.7. The van der Waals surface area contributed by atoms with Crippen molar-refractivity contribution in [1.82, 2.24) is 20.4 Å². The van der Waals surface area contributed by atoms with Gasteiger partial charge in [-0.25, -0.2) is 0 Å². The van der Waals surface area contributed by atoms with Crippen molar-refractivity contribution in [2.75, 3.05) is 5.32 Å². The second-order valence-corrected chi connectivity index (χ2v) is 9.34. The van der Waals surface area contributed by atoms with Gasteiger partial charge in [-0.05, 0) is 29.2 Å². The summed E-state index contributed by atoms with van der Waals surface area (Å²) < 4.78 is 0. The highest BCUT2D eigenvalue weighted by atomic mass is 32.1. The zero-order valence-electron chi connectivity index (χ0n) is 18.1. The van der Waals surface area contributed by atoms with Crippen LogP contribution in [-0.2, 0) is 33.8 Å². The summed E-state index contributed by atoms with van der Waals surface area (Å²) in [5, 5.41) is 14.5. The minimum atomic E-state index is -0.660. The van der Waals surface area contributed by atoms with Gasteiger partial charge in [-0.1, -0.05) is 53.8 Å². The number of rotatable bonds is 6. The molecule has 0 bridgehead atoms. The Kier molecular flexibility index (Phi) is 5.89. The standard InChI is InChI=1S/C24H21N5O4S/c30-19-9-8-18(22(32)25-19)29-13-16-7-6-15(10-17(16)23(29)33)11-20(31)26-24-28-27-21(34-24)12-14-4-2-1-3-5-14/h1-7,10,18H,8-9,11-13H2,(H,25,30,32)(H,26,28,31). The average Bonchev–Trinajstić information content (AvgIpc) is 3.38. The molecule has 5 rings (SSSR count). The van der Waals surface area contributed by atoms with Crippen LogP contribution in [0.1, 0.15) is 44.9 Å². The average molecular weight is 476 g/mol. The number of carbonyl (C=O) groups excluding carboxylic acids is 4. The molecule has 3 aromatic rings. The molecule has 3 heterocycles. The monoisotopic (exact) mass is 475 g/mol. The number of nitrogens with zero attached hydrogens (tertiary/aromatic N) is 3. The van der Waals surface area contributed by atoms with Gasteiger partial charge < -0.3 is 10.2 Å². The van der Waals surface area contributed by atoms with E-state index in [0.717, 1.165) is 16.1 Å². The Morgan fingerprint density at radius 3 is 2.71 bits per heavy atom. The van der Waals surface area contributed by atoms with Crippen LogP contribution in [0.25, 0.3) is 0 Å². The quantitative estimate of drug-likeness (QED) is 0.527. The number of piperidine rings is 1. The van der Waals surface area contributed by atoms with Crippen LogP contribution in [0.15, 0.2) is 48.5 Å². The molecule has 10 heteroatoms. The number of imide groups is 1. The van der Waals surface area contributed by atoms with Crippen molar-refractivity contribution in [3.05, 3.63) is 75.8 Å². The molecular weight excluding hydrogens is 454 g/mol. The molecule has 172 valence electrons. The zero-order valence-corrected chi connectivity index (χ0v) is 18.9. The molecule has 0 radical (unpaired) electrons. The highest BCUT2D eigenvalue weighted by Gasteiger charge is 2.39. The van der Waals surface area contributed by atoms with E-state index in [-0.39, 0.29) is 30.6 Å². The molecule has 2 aliphatic rings. The Morgan fingerprint density at radius 2 is 1.91 bits per heavy atom. The van der Waals surface area contributed by atoms with Crippen molar-refractivity contribution in [3.63, 3.8) is 0 Å². The molecule has 2 aliphatic heterocycles. The lowest BCUT2D eigenvalue weighted by molar-refractivity contribution is -0.137. The topological polar surface area (TPSA) is 121 Å². The number of benzene rings is 2. The first kappa shape index (κ1) is 21.9. The van der Waals surface area contributed by atoms with Crippen LogP contribution >= 0.6 is 11.3 Å². The van der Waals surface area contributed by atoms with Crippen LogP contribution in [0.4, 0.5) is 5.13 Å². The van der Waals surface area contributed by atoms with E-state index in [1.165, 1.54) is 16.2 Å². The summed E-state index contributed by atoms with van der Waals surface area (Å²) in [7, 11) is 0. The Balaban J connectivity index is 1.21. The molecule has 0 spiro atoms. The maximum absolute atomic E-state index is 12.9. The van der Waals surface area contributed by atoms with Crippen molar-refractivity contribution in [2.45, 2.75) is 38.3 Å². The molecule has 4 amide bonds. The van der Waals surface area contributed by atoms with Crippen LogP contribution in [0, 0.1) is 0 Å². The van der Waals surface area contributed by atoms with Crippen molar-refractivity contribution < 1.29 is 19.2 Å². The Labute approximate surface area is 199 Å². The van der Waals surface area contributed by atoms with E-state index in [9.17, 15) is 19.2 Å². The van der Waals surface area contributed by atoms with E-state index < -0.39 is 11.9 Å². The van der Waals surface area contributed by atoms with Crippen molar-refractivity contribution in [3.8, 4) is 0 Å². The molecule has 34 heavy (non-hydrogen) atoms. The van der Waals surface area contributed by atoms with Gasteiger partial charge >= 0.3 is 0 Å². The molecule has 1 aromatic heterocycles. The van der Waals surface area contributed by atoms with E-state index in [1.807, 2.05) is 36.4 Å². The fraction of sp³-hybridized carbons (Fsp3) is 0.250. The van der Waals surface area contributed by atoms with Crippen LogP contribution in [0.3, 0.4) is 0 Å². The van der Waals surface area contributed by atoms with E-state index in [2.05, 4.69) is 20.8 Å². The Morgan fingerprint density at radius 1 is 1.09 bits per heavy atom. The maximum atomic E-state index is 12.9. The molecular formula is C24H21N5O4S. The summed E-state index contributed by atoms with van der Waals surface area (Å²) in [4.78, 5) is 50.6. The van der Waals surface area contributed by atoms with E-state index in [1.54, 1.807) is 12.1 Å². The number of fused-ring (bicyclic) bond motifs is 1. The fourth-order valence-electron chi connectivity index (χ4n) is 4.21. The molecule has 1 unspecified atom stereocenters. The number of amides is 4. The van der Waals surface area contributed by atoms with Gasteiger partial charge in [0.15, 0.2) is 0 Å². The smallest absolute Gasteiger partial charge is 0.255 e. The number of aromatic nitrogens is 2. The Hall–Kier alpha value is -3.92. The number of carbonyl (C=O) groups is 4. The summed E-state index contributed by atoms with van der Waals surface area (Å²) in [5.74, 6) is -1.28. The first-order valence-corrected chi connectivity index (χ1v) is 11.7. The van der Waals surface area contributed by atoms with Gasteiger partial charge in [0.1, 0.15) is 11.0 Å². The molecule has 2 N–H and O–H groups in total. The second-order valence-electron chi connectivity index (χ2n) is 8.28. The van der Waals surface area contributed by atoms with Gasteiger partial charge in [-0.15, -0.1) is 10.2 Å². The fourth-order valence-corrected chi connectivity index (χ4v) is 5.00. The third kappa shape index (κ3) is 4.58. The van der Waals surface area contributed by atoms with Gasteiger partial charge in [0.05, 0.1) is 6.42 Å². The van der Waals surface area contributed by atoms with Crippen molar-refractivity contribution in [2.24, 2.45) is 0 Å². The summed E-state index contributed by atoms with van der Waals surface area (Å²) in [6.45, 7) is 0.307.